The van der Waals surface area contributed by atoms with E-state index in [1.165, 1.54) is 0 Å². The van der Waals surface area contributed by atoms with Gasteiger partial charge in [0.15, 0.2) is 0 Å². The lowest BCUT2D eigenvalue weighted by molar-refractivity contribution is -0.121. The maximum atomic E-state index is 12.4. The fourth-order valence-electron chi connectivity index (χ4n) is 2.60. The first kappa shape index (κ1) is 13.3. The lowest BCUT2D eigenvalue weighted by atomic mass is 9.99. The summed E-state index contributed by atoms with van der Waals surface area (Å²) in [6.07, 6.45) is 3.56. The van der Waals surface area contributed by atoms with Crippen LogP contribution in [0.1, 0.15) is 19.8 Å². The van der Waals surface area contributed by atoms with E-state index in [0.29, 0.717) is 10.5 Å². The molecule has 0 spiro atoms. The second-order valence-corrected chi connectivity index (χ2v) is 5.72. The zero-order valence-electron chi connectivity index (χ0n) is 11.2. The summed E-state index contributed by atoms with van der Waals surface area (Å²) in [7, 11) is 0. The van der Waals surface area contributed by atoms with Crippen LogP contribution in [-0.4, -0.2) is 23.0 Å². The number of pyridine rings is 1. The highest BCUT2D eigenvalue weighted by Crippen LogP contribution is 2.29. The number of carbonyl (C=O) groups is 1. The predicted octanol–water partition coefficient (Wildman–Crippen LogP) is 2.97. The average Bonchev–Trinajstić information content (AvgIpc) is 2.90. The summed E-state index contributed by atoms with van der Waals surface area (Å²) in [6.45, 7) is 2.82. The number of amides is 1. The monoisotopic (exact) mass is 289 g/mol. The lowest BCUT2D eigenvalue weighted by Gasteiger charge is -2.23. The Morgan fingerprint density at radius 2 is 2.30 bits per heavy atom. The SMILES string of the molecule is CC1(C(=O)Nc2ccc(Cl)c3ncccc23)CCCN1. The van der Waals surface area contributed by atoms with E-state index in [-0.39, 0.29) is 5.91 Å². The largest absolute Gasteiger partial charge is 0.324 e. The van der Waals surface area contributed by atoms with E-state index in [0.717, 1.165) is 30.5 Å². The van der Waals surface area contributed by atoms with Gasteiger partial charge in [0.05, 0.1) is 21.8 Å². The Labute approximate surface area is 122 Å². The maximum Gasteiger partial charge on any atom is 0.244 e. The summed E-state index contributed by atoms with van der Waals surface area (Å²) >= 11 is 6.13. The smallest absolute Gasteiger partial charge is 0.244 e. The van der Waals surface area contributed by atoms with E-state index in [9.17, 15) is 4.79 Å². The van der Waals surface area contributed by atoms with Gasteiger partial charge in [0.1, 0.15) is 0 Å². The lowest BCUT2D eigenvalue weighted by Crippen LogP contribution is -2.47. The van der Waals surface area contributed by atoms with Gasteiger partial charge in [0, 0.05) is 11.6 Å². The number of hydrogen-bond donors (Lipinski definition) is 2. The highest BCUT2D eigenvalue weighted by Gasteiger charge is 2.36. The maximum absolute atomic E-state index is 12.4. The summed E-state index contributed by atoms with van der Waals surface area (Å²) < 4.78 is 0. The van der Waals surface area contributed by atoms with Crippen molar-refractivity contribution in [3.8, 4) is 0 Å². The fraction of sp³-hybridized carbons (Fsp3) is 0.333. The van der Waals surface area contributed by atoms with E-state index >= 15 is 0 Å². The molecule has 104 valence electrons. The molecule has 1 aliphatic rings. The van der Waals surface area contributed by atoms with Gasteiger partial charge in [-0.1, -0.05) is 11.6 Å². The minimum Gasteiger partial charge on any atom is -0.324 e. The highest BCUT2D eigenvalue weighted by atomic mass is 35.5. The second kappa shape index (κ2) is 5.04. The van der Waals surface area contributed by atoms with Crippen LogP contribution < -0.4 is 10.6 Å². The molecule has 0 radical (unpaired) electrons. The number of carbonyl (C=O) groups excluding carboxylic acids is 1. The zero-order chi connectivity index (χ0) is 14.2. The van der Waals surface area contributed by atoms with Crippen LogP contribution in [-0.2, 0) is 4.79 Å². The molecule has 2 N–H and O–H groups in total. The molecular formula is C15H16ClN3O. The number of benzene rings is 1. The Kier molecular flexibility index (Phi) is 3.36. The number of anilines is 1. The summed E-state index contributed by atoms with van der Waals surface area (Å²) in [5.74, 6) is -0.0116. The molecule has 1 aromatic heterocycles. The Balaban J connectivity index is 1.95. The number of nitrogens with zero attached hydrogens (tertiary/aromatic N) is 1. The number of halogens is 1. The third kappa shape index (κ3) is 2.25. The standard InChI is InChI=1S/C15H16ClN3O/c1-15(7-3-9-18-15)14(20)19-12-6-5-11(16)13-10(12)4-2-8-17-13/h2,4-6,8,18H,3,7,9H2,1H3,(H,19,20). The van der Waals surface area contributed by atoms with Gasteiger partial charge in [-0.25, -0.2) is 0 Å². The molecule has 1 saturated heterocycles. The van der Waals surface area contributed by atoms with Crippen molar-refractivity contribution in [1.82, 2.24) is 10.3 Å². The van der Waals surface area contributed by atoms with Crippen LogP contribution in [0.5, 0.6) is 0 Å². The van der Waals surface area contributed by atoms with E-state index in [4.69, 9.17) is 11.6 Å². The van der Waals surface area contributed by atoms with Gasteiger partial charge < -0.3 is 10.6 Å². The molecule has 0 saturated carbocycles. The zero-order valence-corrected chi connectivity index (χ0v) is 12.0. The van der Waals surface area contributed by atoms with Crippen molar-refractivity contribution in [1.29, 1.82) is 0 Å². The Bertz CT molecular complexity index is 665. The third-order valence-electron chi connectivity index (χ3n) is 3.84. The molecule has 1 amide bonds. The van der Waals surface area contributed by atoms with Crippen molar-refractivity contribution in [3.63, 3.8) is 0 Å². The van der Waals surface area contributed by atoms with Crippen molar-refractivity contribution < 1.29 is 4.79 Å². The molecule has 2 heterocycles. The van der Waals surface area contributed by atoms with Gasteiger partial charge in [-0.15, -0.1) is 0 Å². The van der Waals surface area contributed by atoms with E-state index in [1.807, 2.05) is 25.1 Å². The molecule has 0 bridgehead atoms. The van der Waals surface area contributed by atoms with Crippen LogP contribution in [0.25, 0.3) is 10.9 Å². The Morgan fingerprint density at radius 3 is 3.05 bits per heavy atom. The van der Waals surface area contributed by atoms with Gasteiger partial charge in [0.2, 0.25) is 5.91 Å². The number of fused-ring (bicyclic) bond motifs is 1. The van der Waals surface area contributed by atoms with Crippen molar-refractivity contribution in [2.45, 2.75) is 25.3 Å². The number of nitrogens with one attached hydrogen (secondary N) is 2. The molecule has 1 atom stereocenters. The summed E-state index contributed by atoms with van der Waals surface area (Å²) in [5, 5.41) is 7.70. The van der Waals surface area contributed by atoms with Crippen molar-refractivity contribution in [2.24, 2.45) is 0 Å². The van der Waals surface area contributed by atoms with Crippen LogP contribution in [0.4, 0.5) is 5.69 Å². The Hall–Kier alpha value is -1.65. The molecule has 20 heavy (non-hydrogen) atoms. The first-order valence-corrected chi connectivity index (χ1v) is 7.08. The van der Waals surface area contributed by atoms with Crippen LogP contribution in [0.3, 0.4) is 0 Å². The fourth-order valence-corrected chi connectivity index (χ4v) is 2.81. The first-order chi connectivity index (χ1) is 9.60. The summed E-state index contributed by atoms with van der Waals surface area (Å²) in [5.41, 5.74) is 0.961. The quantitative estimate of drug-likeness (QED) is 0.894. The van der Waals surface area contributed by atoms with Gasteiger partial charge in [-0.2, -0.15) is 0 Å². The molecule has 3 rings (SSSR count). The number of hydrogen-bond acceptors (Lipinski definition) is 3. The normalized spacial score (nSPS) is 22.1. The van der Waals surface area contributed by atoms with Crippen LogP contribution in [0, 0.1) is 0 Å². The summed E-state index contributed by atoms with van der Waals surface area (Å²) in [6, 6.07) is 7.33. The van der Waals surface area contributed by atoms with E-state index < -0.39 is 5.54 Å². The van der Waals surface area contributed by atoms with Gasteiger partial charge >= 0.3 is 0 Å². The van der Waals surface area contributed by atoms with Crippen molar-refractivity contribution >= 4 is 34.1 Å². The van der Waals surface area contributed by atoms with E-state index in [1.54, 1.807) is 12.3 Å². The van der Waals surface area contributed by atoms with Gasteiger partial charge in [-0.3, -0.25) is 9.78 Å². The number of rotatable bonds is 2. The Morgan fingerprint density at radius 1 is 1.45 bits per heavy atom. The average molecular weight is 290 g/mol. The minimum atomic E-state index is -0.492. The molecule has 5 heteroatoms. The second-order valence-electron chi connectivity index (χ2n) is 5.31. The van der Waals surface area contributed by atoms with Gasteiger partial charge in [0.25, 0.3) is 0 Å². The minimum absolute atomic E-state index is 0.0116. The van der Waals surface area contributed by atoms with Crippen LogP contribution in [0.15, 0.2) is 30.5 Å². The van der Waals surface area contributed by atoms with Crippen LogP contribution >= 0.6 is 11.6 Å². The molecule has 1 unspecified atom stereocenters. The predicted molar refractivity (Wildman–Crippen MR) is 81.0 cm³/mol. The van der Waals surface area contributed by atoms with Crippen molar-refractivity contribution in [2.75, 3.05) is 11.9 Å². The van der Waals surface area contributed by atoms with E-state index in [2.05, 4.69) is 15.6 Å². The van der Waals surface area contributed by atoms with Gasteiger partial charge in [-0.05, 0) is 50.6 Å². The molecule has 2 aromatic rings. The molecule has 1 aromatic carbocycles. The molecule has 0 aliphatic carbocycles. The van der Waals surface area contributed by atoms with Crippen molar-refractivity contribution in [3.05, 3.63) is 35.5 Å². The molecule has 4 nitrogen and oxygen atoms in total. The molecular weight excluding hydrogens is 274 g/mol. The summed E-state index contributed by atoms with van der Waals surface area (Å²) in [4.78, 5) is 16.7. The topological polar surface area (TPSA) is 54.0 Å². The van der Waals surface area contributed by atoms with Crippen LogP contribution in [0.2, 0.25) is 5.02 Å². The highest BCUT2D eigenvalue weighted by molar-refractivity contribution is 6.35. The third-order valence-corrected chi connectivity index (χ3v) is 4.14. The molecule has 1 aliphatic heterocycles. The molecule has 1 fully saturated rings. The first-order valence-electron chi connectivity index (χ1n) is 6.70. The number of aromatic nitrogens is 1.